The van der Waals surface area contributed by atoms with Crippen molar-refractivity contribution in [1.82, 2.24) is 9.97 Å². The summed E-state index contributed by atoms with van der Waals surface area (Å²) in [4.78, 5) is 8.94. The third-order valence-corrected chi connectivity index (χ3v) is 9.78. The molecule has 0 N–H and O–H groups in total. The van der Waals surface area contributed by atoms with Crippen LogP contribution in [-0.4, -0.2) is 9.97 Å². The first kappa shape index (κ1) is 31.0. The Hall–Kier alpha value is -5.60. The van der Waals surface area contributed by atoms with Crippen LogP contribution in [0.1, 0.15) is 33.4 Å². The fourth-order valence-electron chi connectivity index (χ4n) is 6.93. The molecule has 0 amide bonds. The van der Waals surface area contributed by atoms with Gasteiger partial charge in [-0.05, 0) is 167 Å². The SMILES string of the molecule is Cc1ccncc1-c1ccc(C)c(-c2cc(-c3ccccc3C)c(-c3cc(-c4cnccc4C)ccc3C)cc2-c2ccccc2C)c1. The van der Waals surface area contributed by atoms with Crippen LogP contribution in [0, 0.1) is 41.5 Å². The average molecular weight is 621 g/mol. The summed E-state index contributed by atoms with van der Waals surface area (Å²) in [6.45, 7) is 13.2. The number of aromatic nitrogens is 2. The largest absolute Gasteiger partial charge is 0.264 e. The molecule has 0 aliphatic carbocycles. The number of pyridine rings is 2. The van der Waals surface area contributed by atoms with Gasteiger partial charge in [-0.1, -0.05) is 72.8 Å². The molecule has 48 heavy (non-hydrogen) atoms. The molecule has 0 atom stereocenters. The molecule has 0 bridgehead atoms. The van der Waals surface area contributed by atoms with E-state index in [0.717, 1.165) is 11.1 Å². The van der Waals surface area contributed by atoms with Gasteiger partial charge in [0.25, 0.3) is 0 Å². The van der Waals surface area contributed by atoms with Gasteiger partial charge < -0.3 is 0 Å². The van der Waals surface area contributed by atoms with Gasteiger partial charge in [-0.2, -0.15) is 0 Å². The molecule has 0 spiro atoms. The highest BCUT2D eigenvalue weighted by Crippen LogP contribution is 2.46. The van der Waals surface area contributed by atoms with Crippen LogP contribution in [-0.2, 0) is 0 Å². The molecular formula is C46H40N2. The van der Waals surface area contributed by atoms with Gasteiger partial charge in [0.2, 0.25) is 0 Å². The van der Waals surface area contributed by atoms with Crippen molar-refractivity contribution in [2.45, 2.75) is 41.5 Å². The van der Waals surface area contributed by atoms with E-state index in [1.54, 1.807) is 0 Å². The summed E-state index contributed by atoms with van der Waals surface area (Å²) in [6.07, 6.45) is 7.69. The second kappa shape index (κ2) is 12.9. The summed E-state index contributed by atoms with van der Waals surface area (Å²) in [7, 11) is 0. The number of rotatable bonds is 6. The normalized spacial score (nSPS) is 11.1. The fourth-order valence-corrected chi connectivity index (χ4v) is 6.93. The summed E-state index contributed by atoms with van der Waals surface area (Å²) in [5, 5.41) is 0. The van der Waals surface area contributed by atoms with Crippen molar-refractivity contribution in [2.75, 3.05) is 0 Å². The van der Waals surface area contributed by atoms with E-state index in [1.807, 2.05) is 24.8 Å². The van der Waals surface area contributed by atoms with Crippen LogP contribution in [0.5, 0.6) is 0 Å². The molecule has 234 valence electrons. The minimum Gasteiger partial charge on any atom is -0.264 e. The first-order chi connectivity index (χ1) is 23.3. The first-order valence-corrected chi connectivity index (χ1v) is 16.6. The first-order valence-electron chi connectivity index (χ1n) is 16.6. The Labute approximate surface area is 284 Å². The van der Waals surface area contributed by atoms with E-state index in [2.05, 4.69) is 161 Å². The molecule has 0 aliphatic heterocycles. The quantitative estimate of drug-likeness (QED) is 0.185. The van der Waals surface area contributed by atoms with Gasteiger partial charge in [0.05, 0.1) is 0 Å². The van der Waals surface area contributed by atoms with Gasteiger partial charge in [0.15, 0.2) is 0 Å². The molecular weight excluding hydrogens is 581 g/mol. The second-order valence-electron chi connectivity index (χ2n) is 13.0. The van der Waals surface area contributed by atoms with Crippen molar-refractivity contribution in [3.63, 3.8) is 0 Å². The molecule has 2 aromatic heterocycles. The number of benzene rings is 5. The van der Waals surface area contributed by atoms with Crippen molar-refractivity contribution in [3.05, 3.63) is 167 Å². The van der Waals surface area contributed by atoms with Crippen molar-refractivity contribution in [1.29, 1.82) is 0 Å². The molecule has 2 heterocycles. The van der Waals surface area contributed by atoms with Crippen LogP contribution in [0.3, 0.4) is 0 Å². The van der Waals surface area contributed by atoms with Crippen molar-refractivity contribution in [3.8, 4) is 66.8 Å². The van der Waals surface area contributed by atoms with Gasteiger partial charge in [0, 0.05) is 35.9 Å². The maximum Gasteiger partial charge on any atom is 0.0349 e. The minimum atomic E-state index is 1.16. The summed E-state index contributed by atoms with van der Waals surface area (Å²) in [6, 6.07) is 40.3. The number of aryl methyl sites for hydroxylation is 6. The zero-order chi connectivity index (χ0) is 33.4. The molecule has 7 rings (SSSR count). The van der Waals surface area contributed by atoms with E-state index in [1.165, 1.54) is 89.0 Å². The van der Waals surface area contributed by atoms with Gasteiger partial charge in [0.1, 0.15) is 0 Å². The van der Waals surface area contributed by atoms with Gasteiger partial charge >= 0.3 is 0 Å². The van der Waals surface area contributed by atoms with Gasteiger partial charge in [-0.3, -0.25) is 9.97 Å². The van der Waals surface area contributed by atoms with E-state index in [9.17, 15) is 0 Å². The lowest BCUT2D eigenvalue weighted by molar-refractivity contribution is 1.28. The number of nitrogens with zero attached hydrogens (tertiary/aromatic N) is 2. The van der Waals surface area contributed by atoms with Crippen LogP contribution in [0.15, 0.2) is 134 Å². The fraction of sp³-hybridized carbons (Fsp3) is 0.130. The van der Waals surface area contributed by atoms with Crippen LogP contribution in [0.2, 0.25) is 0 Å². The zero-order valence-corrected chi connectivity index (χ0v) is 28.6. The monoisotopic (exact) mass is 620 g/mol. The molecule has 2 heteroatoms. The molecule has 0 saturated heterocycles. The third kappa shape index (κ3) is 5.75. The third-order valence-electron chi connectivity index (χ3n) is 9.78. The lowest BCUT2D eigenvalue weighted by Crippen LogP contribution is -1.98. The highest BCUT2D eigenvalue weighted by atomic mass is 14.6. The molecule has 0 aliphatic rings. The molecule has 0 unspecified atom stereocenters. The minimum absolute atomic E-state index is 1.16. The van der Waals surface area contributed by atoms with Crippen LogP contribution >= 0.6 is 0 Å². The van der Waals surface area contributed by atoms with E-state index in [-0.39, 0.29) is 0 Å². The molecule has 0 saturated carbocycles. The second-order valence-corrected chi connectivity index (χ2v) is 13.0. The predicted molar refractivity (Wildman–Crippen MR) is 203 cm³/mol. The van der Waals surface area contributed by atoms with E-state index >= 15 is 0 Å². The highest BCUT2D eigenvalue weighted by Gasteiger charge is 2.21. The van der Waals surface area contributed by atoms with E-state index < -0.39 is 0 Å². The predicted octanol–water partition coefficient (Wildman–Crippen LogP) is 12.3. The smallest absolute Gasteiger partial charge is 0.0349 e. The van der Waals surface area contributed by atoms with Crippen molar-refractivity contribution >= 4 is 0 Å². The van der Waals surface area contributed by atoms with Gasteiger partial charge in [-0.15, -0.1) is 0 Å². The molecule has 0 radical (unpaired) electrons. The van der Waals surface area contributed by atoms with Crippen molar-refractivity contribution < 1.29 is 0 Å². The standard InChI is InChI=1S/C46H40N2/c1-29-11-7-9-13-37(29)41-25-44(40-24-36(18-16-32(40)4)46-28-48-22-20-34(46)6)42(38-14-10-8-12-30(38)2)26-43(41)39-23-35(17-15-31(39)3)45-27-47-21-19-33(45)5/h7-28H,1-6H3. The Balaban J connectivity index is 1.57. The Morgan fingerprint density at radius 2 is 0.646 bits per heavy atom. The van der Waals surface area contributed by atoms with E-state index in [4.69, 9.17) is 0 Å². The Morgan fingerprint density at radius 3 is 1.04 bits per heavy atom. The summed E-state index contributed by atoms with van der Waals surface area (Å²) >= 11 is 0. The van der Waals surface area contributed by atoms with Crippen LogP contribution in [0.25, 0.3) is 66.8 Å². The summed E-state index contributed by atoms with van der Waals surface area (Å²) in [5.41, 5.74) is 21.9. The summed E-state index contributed by atoms with van der Waals surface area (Å²) in [5.74, 6) is 0. The lowest BCUT2D eigenvalue weighted by Gasteiger charge is -2.22. The topological polar surface area (TPSA) is 25.8 Å². The Morgan fingerprint density at radius 1 is 0.292 bits per heavy atom. The van der Waals surface area contributed by atoms with Crippen molar-refractivity contribution in [2.24, 2.45) is 0 Å². The van der Waals surface area contributed by atoms with E-state index in [0.29, 0.717) is 0 Å². The summed E-state index contributed by atoms with van der Waals surface area (Å²) < 4.78 is 0. The number of hydrogen-bond donors (Lipinski definition) is 0. The highest BCUT2D eigenvalue weighted by molar-refractivity contribution is 5.98. The molecule has 0 fully saturated rings. The Bertz CT molecular complexity index is 2150. The number of hydrogen-bond acceptors (Lipinski definition) is 2. The Kier molecular flexibility index (Phi) is 8.33. The molecule has 2 nitrogen and oxygen atoms in total. The maximum absolute atomic E-state index is 4.47. The maximum atomic E-state index is 4.47. The lowest BCUT2D eigenvalue weighted by atomic mass is 9.81. The van der Waals surface area contributed by atoms with Gasteiger partial charge in [-0.25, -0.2) is 0 Å². The molecule has 7 aromatic rings. The zero-order valence-electron chi connectivity index (χ0n) is 28.6. The average Bonchev–Trinajstić information content (AvgIpc) is 3.09. The van der Waals surface area contributed by atoms with Crippen LogP contribution < -0.4 is 0 Å². The molecule has 5 aromatic carbocycles. The van der Waals surface area contributed by atoms with Crippen LogP contribution in [0.4, 0.5) is 0 Å².